The van der Waals surface area contributed by atoms with Crippen LogP contribution in [0.25, 0.3) is 0 Å². The minimum Gasteiger partial charge on any atom is -0.308 e. The van der Waals surface area contributed by atoms with E-state index in [1.807, 2.05) is 0 Å². The van der Waals surface area contributed by atoms with Gasteiger partial charge in [0.2, 0.25) is 0 Å². The highest BCUT2D eigenvalue weighted by Gasteiger charge is 2.21. The van der Waals surface area contributed by atoms with Gasteiger partial charge in [0.1, 0.15) is 0 Å². The summed E-state index contributed by atoms with van der Waals surface area (Å²) < 4.78 is 0. The van der Waals surface area contributed by atoms with Gasteiger partial charge >= 0.3 is 0 Å². The molecule has 1 nitrogen and oxygen atoms in total. The van der Waals surface area contributed by atoms with Crippen molar-refractivity contribution in [2.75, 3.05) is 0 Å². The van der Waals surface area contributed by atoms with Crippen LogP contribution in [-0.2, 0) is 0 Å². The van der Waals surface area contributed by atoms with Gasteiger partial charge in [-0.05, 0) is 38.0 Å². The lowest BCUT2D eigenvalue weighted by molar-refractivity contribution is 0.280. The summed E-state index contributed by atoms with van der Waals surface area (Å²) in [5.41, 5.74) is 0.358. The molecule has 0 fully saturated rings. The lowest BCUT2D eigenvalue weighted by atomic mass is 9.81. The van der Waals surface area contributed by atoms with Crippen LogP contribution in [0.4, 0.5) is 0 Å². The Morgan fingerprint density at radius 1 is 1.24 bits per heavy atom. The number of hydrogen-bond acceptors (Lipinski definition) is 1. The highest BCUT2D eigenvalue weighted by Crippen LogP contribution is 2.27. The SMILES string of the molecule is C=CC(CC(C)(C)C)C(C)NC(C)/C=C/CC. The third kappa shape index (κ3) is 8.20. The predicted molar refractivity (Wildman–Crippen MR) is 79.2 cm³/mol. The predicted octanol–water partition coefficient (Wildman–Crippen LogP) is 4.56. The van der Waals surface area contributed by atoms with Gasteiger partial charge in [0.05, 0.1) is 0 Å². The first-order valence-corrected chi connectivity index (χ1v) is 6.85. The van der Waals surface area contributed by atoms with Gasteiger partial charge in [-0.1, -0.05) is 45.9 Å². The lowest BCUT2D eigenvalue weighted by Gasteiger charge is -2.30. The summed E-state index contributed by atoms with van der Waals surface area (Å²) in [5.74, 6) is 0.535. The van der Waals surface area contributed by atoms with Crippen LogP contribution in [0.5, 0.6) is 0 Å². The number of rotatable bonds is 7. The third-order valence-corrected chi connectivity index (χ3v) is 2.98. The molecule has 0 saturated carbocycles. The molecular formula is C16H31N. The van der Waals surface area contributed by atoms with Crippen LogP contribution in [0.15, 0.2) is 24.8 Å². The quantitative estimate of drug-likeness (QED) is 0.640. The molecule has 0 aliphatic rings. The fraction of sp³-hybridized carbons (Fsp3) is 0.750. The van der Waals surface area contributed by atoms with E-state index in [0.717, 1.165) is 6.42 Å². The second-order valence-electron chi connectivity index (χ2n) is 6.24. The van der Waals surface area contributed by atoms with Crippen LogP contribution < -0.4 is 5.32 Å². The number of allylic oxidation sites excluding steroid dienone is 1. The molecule has 1 N–H and O–H groups in total. The van der Waals surface area contributed by atoms with Crippen molar-refractivity contribution in [1.29, 1.82) is 0 Å². The van der Waals surface area contributed by atoms with E-state index >= 15 is 0 Å². The zero-order chi connectivity index (χ0) is 13.5. The average Bonchev–Trinajstić information content (AvgIpc) is 2.21. The molecule has 0 spiro atoms. The van der Waals surface area contributed by atoms with E-state index in [9.17, 15) is 0 Å². The van der Waals surface area contributed by atoms with Gasteiger partial charge in [-0.15, -0.1) is 6.58 Å². The number of nitrogens with one attached hydrogen (secondary N) is 1. The van der Waals surface area contributed by atoms with Gasteiger partial charge < -0.3 is 5.32 Å². The molecule has 0 saturated heterocycles. The van der Waals surface area contributed by atoms with Crippen molar-refractivity contribution in [3.63, 3.8) is 0 Å². The smallest absolute Gasteiger partial charge is 0.0224 e. The fourth-order valence-electron chi connectivity index (χ4n) is 2.11. The van der Waals surface area contributed by atoms with E-state index < -0.39 is 0 Å². The Morgan fingerprint density at radius 3 is 2.24 bits per heavy atom. The van der Waals surface area contributed by atoms with E-state index in [2.05, 4.69) is 71.7 Å². The molecule has 0 bridgehead atoms. The van der Waals surface area contributed by atoms with Gasteiger partial charge in [-0.2, -0.15) is 0 Å². The Morgan fingerprint density at radius 2 is 1.82 bits per heavy atom. The summed E-state index contributed by atoms with van der Waals surface area (Å²) in [6.07, 6.45) is 8.84. The van der Waals surface area contributed by atoms with E-state index in [1.165, 1.54) is 6.42 Å². The molecule has 0 aromatic rings. The summed E-state index contributed by atoms with van der Waals surface area (Å²) in [4.78, 5) is 0. The third-order valence-electron chi connectivity index (χ3n) is 2.98. The molecule has 0 aliphatic carbocycles. The van der Waals surface area contributed by atoms with Crippen molar-refractivity contribution in [1.82, 2.24) is 5.32 Å². The van der Waals surface area contributed by atoms with Crippen molar-refractivity contribution < 1.29 is 0 Å². The van der Waals surface area contributed by atoms with E-state index in [1.54, 1.807) is 0 Å². The second-order valence-corrected chi connectivity index (χ2v) is 6.24. The monoisotopic (exact) mass is 237 g/mol. The molecule has 0 amide bonds. The lowest BCUT2D eigenvalue weighted by Crippen LogP contribution is -2.39. The van der Waals surface area contributed by atoms with Crippen molar-refractivity contribution in [2.45, 2.75) is 66.5 Å². The first kappa shape index (κ1) is 16.4. The summed E-state index contributed by atoms with van der Waals surface area (Å²) in [5, 5.41) is 3.63. The molecule has 100 valence electrons. The van der Waals surface area contributed by atoms with Crippen LogP contribution in [0.2, 0.25) is 0 Å². The zero-order valence-corrected chi connectivity index (χ0v) is 12.6. The molecule has 0 heterocycles. The molecule has 0 aliphatic heterocycles. The second kappa shape index (κ2) is 7.71. The molecule has 0 aromatic carbocycles. The van der Waals surface area contributed by atoms with Gasteiger partial charge in [-0.25, -0.2) is 0 Å². The first-order valence-electron chi connectivity index (χ1n) is 6.85. The molecule has 17 heavy (non-hydrogen) atoms. The molecule has 0 radical (unpaired) electrons. The van der Waals surface area contributed by atoms with Crippen molar-refractivity contribution >= 4 is 0 Å². The molecule has 3 unspecified atom stereocenters. The van der Waals surface area contributed by atoms with E-state index in [0.29, 0.717) is 23.4 Å². The highest BCUT2D eigenvalue weighted by molar-refractivity contribution is 4.95. The molecule has 0 rings (SSSR count). The maximum atomic E-state index is 3.98. The zero-order valence-electron chi connectivity index (χ0n) is 12.6. The first-order chi connectivity index (χ1) is 7.80. The highest BCUT2D eigenvalue weighted by atomic mass is 14.9. The van der Waals surface area contributed by atoms with E-state index in [-0.39, 0.29) is 0 Å². The maximum absolute atomic E-state index is 3.98. The normalized spacial score (nSPS) is 18.0. The Balaban J connectivity index is 4.30. The summed E-state index contributed by atoms with van der Waals surface area (Å²) in [6.45, 7) is 17.5. The van der Waals surface area contributed by atoms with Crippen LogP contribution >= 0.6 is 0 Å². The van der Waals surface area contributed by atoms with Gasteiger partial charge in [0, 0.05) is 12.1 Å². The topological polar surface area (TPSA) is 12.0 Å². The average molecular weight is 237 g/mol. The summed E-state index contributed by atoms with van der Waals surface area (Å²) in [6, 6.07) is 0.913. The van der Waals surface area contributed by atoms with E-state index in [4.69, 9.17) is 0 Å². The molecule has 1 heteroatoms. The van der Waals surface area contributed by atoms with Crippen molar-refractivity contribution in [3.05, 3.63) is 24.8 Å². The standard InChI is InChI=1S/C16H31N/c1-8-10-11-13(3)17-14(4)15(9-2)12-16(5,6)7/h9-11,13-15,17H,2,8,12H2,1,3-7H3/b11-10+. The Labute approximate surface area is 108 Å². The van der Waals surface area contributed by atoms with Crippen LogP contribution in [0.1, 0.15) is 54.4 Å². The van der Waals surface area contributed by atoms with Crippen LogP contribution in [0, 0.1) is 11.3 Å². The molecular weight excluding hydrogens is 206 g/mol. The van der Waals surface area contributed by atoms with Crippen LogP contribution in [-0.4, -0.2) is 12.1 Å². The summed E-state index contributed by atoms with van der Waals surface area (Å²) >= 11 is 0. The molecule has 3 atom stereocenters. The largest absolute Gasteiger partial charge is 0.308 e. The Bertz CT molecular complexity index is 234. The van der Waals surface area contributed by atoms with Gasteiger partial charge in [-0.3, -0.25) is 0 Å². The van der Waals surface area contributed by atoms with Gasteiger partial charge in [0.15, 0.2) is 0 Å². The Hall–Kier alpha value is -0.560. The number of hydrogen-bond donors (Lipinski definition) is 1. The Kier molecular flexibility index (Phi) is 7.45. The fourth-order valence-corrected chi connectivity index (χ4v) is 2.11. The molecule has 0 aromatic heterocycles. The summed E-state index contributed by atoms with van der Waals surface area (Å²) in [7, 11) is 0. The van der Waals surface area contributed by atoms with Gasteiger partial charge in [0.25, 0.3) is 0 Å². The van der Waals surface area contributed by atoms with Crippen molar-refractivity contribution in [3.8, 4) is 0 Å². The minimum atomic E-state index is 0.358. The van der Waals surface area contributed by atoms with Crippen LogP contribution in [0.3, 0.4) is 0 Å². The minimum absolute atomic E-state index is 0.358. The maximum Gasteiger partial charge on any atom is 0.0224 e. The van der Waals surface area contributed by atoms with Crippen molar-refractivity contribution in [2.24, 2.45) is 11.3 Å².